The number of aromatic amines is 1. The third kappa shape index (κ3) is 5.13. The molecule has 1 fully saturated rings. The van der Waals surface area contributed by atoms with Crippen molar-refractivity contribution in [2.45, 2.75) is 13.3 Å². The first-order chi connectivity index (χ1) is 16.6. The zero-order chi connectivity index (χ0) is 23.3. The quantitative estimate of drug-likeness (QED) is 0.416. The molecule has 1 saturated heterocycles. The summed E-state index contributed by atoms with van der Waals surface area (Å²) in [6.45, 7) is 4.19. The Morgan fingerprint density at radius 1 is 1.12 bits per heavy atom. The molecule has 4 aromatic rings. The average Bonchev–Trinajstić information content (AvgIpc) is 3.29. The molecule has 2 N–H and O–H groups in total. The van der Waals surface area contributed by atoms with Gasteiger partial charge in [0.1, 0.15) is 17.4 Å². The van der Waals surface area contributed by atoms with E-state index in [1.54, 1.807) is 6.20 Å². The van der Waals surface area contributed by atoms with E-state index in [1.165, 1.54) is 0 Å². The van der Waals surface area contributed by atoms with Gasteiger partial charge in [-0.15, -0.1) is 10.2 Å². The first-order valence-corrected chi connectivity index (χ1v) is 11.2. The number of amides is 1. The predicted octanol–water partition coefficient (Wildman–Crippen LogP) is 4.04. The van der Waals surface area contributed by atoms with Gasteiger partial charge in [-0.1, -0.05) is 36.4 Å². The molecule has 0 aliphatic carbocycles. The standard InChI is InChI=1S/C26H25N5O3/c1-17-7-8-21(34-16-19-14-33-15-19)13-22(17)20-9-10-27-23(12-20)29-26(32)25-28-24(30-31-25)11-18-5-3-2-4-6-18/h2-10,12-13,19H,11,14-16H2,1H3,(H,27,29,32)(H,28,30,31). The highest BCUT2D eigenvalue weighted by molar-refractivity contribution is 6.01. The van der Waals surface area contributed by atoms with Gasteiger partial charge in [-0.3, -0.25) is 4.79 Å². The van der Waals surface area contributed by atoms with E-state index in [1.807, 2.05) is 67.6 Å². The van der Waals surface area contributed by atoms with Gasteiger partial charge < -0.3 is 19.8 Å². The number of aryl methyl sites for hydroxylation is 1. The molecule has 3 heterocycles. The van der Waals surface area contributed by atoms with E-state index in [4.69, 9.17) is 9.47 Å². The maximum absolute atomic E-state index is 12.7. The summed E-state index contributed by atoms with van der Waals surface area (Å²) in [5, 5.41) is 10.9. The monoisotopic (exact) mass is 455 g/mol. The molecule has 0 bridgehead atoms. The Balaban J connectivity index is 1.27. The lowest BCUT2D eigenvalue weighted by atomic mass is 10.0. The van der Waals surface area contributed by atoms with Crippen molar-refractivity contribution in [2.75, 3.05) is 25.1 Å². The minimum absolute atomic E-state index is 0.143. The lowest BCUT2D eigenvalue weighted by Crippen LogP contribution is -2.32. The van der Waals surface area contributed by atoms with E-state index in [-0.39, 0.29) is 5.82 Å². The zero-order valence-electron chi connectivity index (χ0n) is 18.8. The molecule has 1 amide bonds. The fourth-order valence-electron chi connectivity index (χ4n) is 3.71. The number of hydrogen-bond donors (Lipinski definition) is 2. The van der Waals surface area contributed by atoms with Crippen molar-refractivity contribution in [3.05, 3.63) is 89.6 Å². The van der Waals surface area contributed by atoms with Crippen LogP contribution in [0.5, 0.6) is 5.75 Å². The van der Waals surface area contributed by atoms with E-state index < -0.39 is 5.91 Å². The number of ether oxygens (including phenoxy) is 2. The van der Waals surface area contributed by atoms with Gasteiger partial charge in [-0.05, 0) is 53.4 Å². The number of nitrogens with one attached hydrogen (secondary N) is 2. The topological polar surface area (TPSA) is 102 Å². The number of benzene rings is 2. The largest absolute Gasteiger partial charge is 0.493 e. The van der Waals surface area contributed by atoms with E-state index in [2.05, 4.69) is 25.5 Å². The summed E-state index contributed by atoms with van der Waals surface area (Å²) in [5.41, 5.74) is 4.14. The molecular weight excluding hydrogens is 430 g/mol. The molecule has 2 aromatic carbocycles. The van der Waals surface area contributed by atoms with Crippen LogP contribution in [0.15, 0.2) is 66.9 Å². The van der Waals surface area contributed by atoms with Gasteiger partial charge in [0.25, 0.3) is 5.91 Å². The summed E-state index contributed by atoms with van der Waals surface area (Å²) in [6.07, 6.45) is 2.24. The highest BCUT2D eigenvalue weighted by Crippen LogP contribution is 2.29. The summed E-state index contributed by atoms with van der Waals surface area (Å²) < 4.78 is 11.1. The minimum Gasteiger partial charge on any atom is -0.493 e. The van der Waals surface area contributed by atoms with Gasteiger partial charge in [0.05, 0.1) is 19.8 Å². The maximum atomic E-state index is 12.7. The number of hydrogen-bond acceptors (Lipinski definition) is 6. The van der Waals surface area contributed by atoms with Crippen molar-refractivity contribution in [2.24, 2.45) is 5.92 Å². The van der Waals surface area contributed by atoms with E-state index in [9.17, 15) is 4.79 Å². The molecule has 172 valence electrons. The third-order valence-electron chi connectivity index (χ3n) is 5.68. The Morgan fingerprint density at radius 3 is 2.76 bits per heavy atom. The maximum Gasteiger partial charge on any atom is 0.294 e. The van der Waals surface area contributed by atoms with Crippen LogP contribution >= 0.6 is 0 Å². The highest BCUT2D eigenvalue weighted by Gasteiger charge is 2.19. The third-order valence-corrected chi connectivity index (χ3v) is 5.68. The fraction of sp³-hybridized carbons (Fsp3) is 0.231. The van der Waals surface area contributed by atoms with Gasteiger partial charge >= 0.3 is 0 Å². The Kier molecular flexibility index (Phi) is 6.31. The zero-order valence-corrected chi connectivity index (χ0v) is 18.8. The van der Waals surface area contributed by atoms with Crippen LogP contribution in [-0.2, 0) is 11.2 Å². The summed E-state index contributed by atoms with van der Waals surface area (Å²) >= 11 is 0. The number of anilines is 1. The summed E-state index contributed by atoms with van der Waals surface area (Å²) in [5.74, 6) is 2.07. The van der Waals surface area contributed by atoms with Crippen LogP contribution in [0.25, 0.3) is 11.1 Å². The Morgan fingerprint density at radius 2 is 1.97 bits per heavy atom. The number of carbonyl (C=O) groups is 1. The molecule has 34 heavy (non-hydrogen) atoms. The van der Waals surface area contributed by atoms with E-state index in [0.29, 0.717) is 30.6 Å². The lowest BCUT2D eigenvalue weighted by molar-refractivity contribution is -0.0508. The van der Waals surface area contributed by atoms with Gasteiger partial charge in [-0.25, -0.2) is 4.98 Å². The predicted molar refractivity (Wildman–Crippen MR) is 128 cm³/mol. The summed E-state index contributed by atoms with van der Waals surface area (Å²) in [6, 6.07) is 19.7. The highest BCUT2D eigenvalue weighted by atomic mass is 16.5. The number of pyridine rings is 1. The number of rotatable bonds is 8. The molecule has 2 aromatic heterocycles. The van der Waals surface area contributed by atoms with Crippen molar-refractivity contribution in [3.63, 3.8) is 0 Å². The van der Waals surface area contributed by atoms with Gasteiger partial charge in [-0.2, -0.15) is 0 Å². The summed E-state index contributed by atoms with van der Waals surface area (Å²) in [4.78, 5) is 20.0. The van der Waals surface area contributed by atoms with Gasteiger partial charge in [0.2, 0.25) is 5.82 Å². The second-order valence-corrected chi connectivity index (χ2v) is 8.36. The SMILES string of the molecule is Cc1ccc(OCC2COC2)cc1-c1ccnc(NC(=O)c2nnc(Cc3ccccc3)[nH]2)c1. The molecule has 0 unspecified atom stereocenters. The van der Waals surface area contributed by atoms with Crippen molar-refractivity contribution < 1.29 is 14.3 Å². The lowest BCUT2D eigenvalue weighted by Gasteiger charge is -2.25. The molecule has 0 atom stereocenters. The average molecular weight is 456 g/mol. The molecular formula is C26H25N5O3. The number of nitrogens with zero attached hydrogens (tertiary/aromatic N) is 3. The molecule has 0 spiro atoms. The van der Waals surface area contributed by atoms with E-state index >= 15 is 0 Å². The second kappa shape index (κ2) is 9.84. The first-order valence-electron chi connectivity index (χ1n) is 11.2. The van der Waals surface area contributed by atoms with Crippen LogP contribution in [0, 0.1) is 12.8 Å². The number of carbonyl (C=O) groups excluding carboxylic acids is 1. The molecule has 8 nitrogen and oxygen atoms in total. The van der Waals surface area contributed by atoms with E-state index in [0.717, 1.165) is 41.2 Å². The van der Waals surface area contributed by atoms with Crippen LogP contribution in [0.1, 0.15) is 27.6 Å². The normalized spacial score (nSPS) is 13.3. The second-order valence-electron chi connectivity index (χ2n) is 8.36. The summed E-state index contributed by atoms with van der Waals surface area (Å²) in [7, 11) is 0. The van der Waals surface area contributed by atoms with Crippen LogP contribution < -0.4 is 10.1 Å². The van der Waals surface area contributed by atoms with Crippen LogP contribution in [0.3, 0.4) is 0 Å². The number of aromatic nitrogens is 4. The molecule has 1 aliphatic rings. The Hall–Kier alpha value is -4.04. The Bertz CT molecular complexity index is 1280. The molecule has 5 rings (SSSR count). The smallest absolute Gasteiger partial charge is 0.294 e. The fourth-order valence-corrected chi connectivity index (χ4v) is 3.71. The van der Waals surface area contributed by atoms with Gasteiger partial charge in [0, 0.05) is 18.5 Å². The molecule has 8 heteroatoms. The van der Waals surface area contributed by atoms with Crippen molar-refractivity contribution >= 4 is 11.7 Å². The van der Waals surface area contributed by atoms with Crippen LogP contribution in [-0.4, -0.2) is 45.9 Å². The van der Waals surface area contributed by atoms with Crippen molar-refractivity contribution in [1.29, 1.82) is 0 Å². The molecule has 0 saturated carbocycles. The van der Waals surface area contributed by atoms with Crippen molar-refractivity contribution in [3.8, 4) is 16.9 Å². The first kappa shape index (κ1) is 21.8. The molecule has 0 radical (unpaired) electrons. The van der Waals surface area contributed by atoms with Crippen LogP contribution in [0.4, 0.5) is 5.82 Å². The Labute approximate surface area is 197 Å². The molecule has 1 aliphatic heterocycles. The number of H-pyrrole nitrogens is 1. The minimum atomic E-state index is -0.395. The van der Waals surface area contributed by atoms with Crippen molar-refractivity contribution in [1.82, 2.24) is 20.2 Å². The van der Waals surface area contributed by atoms with Gasteiger partial charge in [0.15, 0.2) is 0 Å². The van der Waals surface area contributed by atoms with Crippen LogP contribution in [0.2, 0.25) is 0 Å².